The molecule has 0 amide bonds. The first-order valence-electron chi connectivity index (χ1n) is 29.2. The van der Waals surface area contributed by atoms with Gasteiger partial charge in [0.05, 0.1) is 11.1 Å². The quantitative estimate of drug-likeness (QED) is 0.120. The lowest BCUT2D eigenvalue weighted by atomic mass is 9.67. The number of anilines is 6. The summed E-state index contributed by atoms with van der Waals surface area (Å²) in [6, 6.07) is 121. The number of nitrogens with zero attached hydrogens (tertiary/aromatic N) is 2. The molecule has 13 aromatic rings. The number of hydrogen-bond donors (Lipinski definition) is 0. The van der Waals surface area contributed by atoms with Gasteiger partial charge in [0.2, 0.25) is 0 Å². The van der Waals surface area contributed by atoms with Crippen LogP contribution in [0.25, 0.3) is 66.8 Å². The normalized spacial score (nSPS) is 13.1. The van der Waals surface area contributed by atoms with Gasteiger partial charge in [0.15, 0.2) is 0 Å². The Kier molecular flexibility index (Phi) is 12.5. The fourth-order valence-electron chi connectivity index (χ4n) is 13.8. The molecule has 0 radical (unpaired) electrons. The Morgan fingerprint density at radius 3 is 1.17 bits per heavy atom. The highest BCUT2D eigenvalue weighted by Gasteiger charge is 2.47. The number of rotatable bonds is 12. The Morgan fingerprint density at radius 1 is 0.226 bits per heavy atom. The van der Waals surface area contributed by atoms with Crippen LogP contribution in [0.3, 0.4) is 0 Å². The molecule has 0 saturated carbocycles. The minimum absolute atomic E-state index is 0.146. The Balaban J connectivity index is 0.903. The lowest BCUT2D eigenvalue weighted by Crippen LogP contribution is -2.28. The maximum Gasteiger partial charge on any atom is 0.0714 e. The average molecular weight is 1070 g/mol. The monoisotopic (exact) mass is 1070 g/mol. The molecule has 0 bridgehead atoms. The van der Waals surface area contributed by atoms with Crippen molar-refractivity contribution in [3.63, 3.8) is 0 Å². The van der Waals surface area contributed by atoms with Crippen molar-refractivity contribution < 1.29 is 0 Å². The zero-order valence-corrected chi connectivity index (χ0v) is 47.1. The fraction of sp³-hybridized carbons (Fsp3) is 0.0488. The van der Waals surface area contributed by atoms with Gasteiger partial charge >= 0.3 is 0 Å². The number of fused-ring (bicyclic) bond motifs is 6. The summed E-state index contributed by atoms with van der Waals surface area (Å²) in [5.41, 5.74) is 28.0. The van der Waals surface area contributed by atoms with Crippen LogP contribution in [0, 0.1) is 0 Å². The molecule has 2 aliphatic rings. The van der Waals surface area contributed by atoms with Crippen LogP contribution < -0.4 is 9.80 Å². The van der Waals surface area contributed by atoms with E-state index in [0.717, 1.165) is 50.8 Å². The molecule has 0 saturated heterocycles. The van der Waals surface area contributed by atoms with Gasteiger partial charge in [-0.05, 0) is 161 Å². The van der Waals surface area contributed by atoms with E-state index >= 15 is 0 Å². The smallest absolute Gasteiger partial charge is 0.0714 e. The Labute approximate surface area is 493 Å². The van der Waals surface area contributed by atoms with Gasteiger partial charge in [-0.1, -0.05) is 275 Å². The van der Waals surface area contributed by atoms with Crippen molar-refractivity contribution in [3.8, 4) is 66.8 Å². The van der Waals surface area contributed by atoms with Gasteiger partial charge in [0.1, 0.15) is 0 Å². The predicted octanol–water partition coefficient (Wildman–Crippen LogP) is 22.0. The third-order valence-corrected chi connectivity index (χ3v) is 17.8. The lowest BCUT2D eigenvalue weighted by Gasteiger charge is -2.35. The van der Waals surface area contributed by atoms with E-state index in [4.69, 9.17) is 0 Å². The first kappa shape index (κ1) is 50.4. The maximum absolute atomic E-state index is 2.49. The van der Waals surface area contributed by atoms with Crippen molar-refractivity contribution in [3.05, 3.63) is 361 Å². The third kappa shape index (κ3) is 8.40. The van der Waals surface area contributed by atoms with Gasteiger partial charge in [-0.2, -0.15) is 0 Å². The summed E-state index contributed by atoms with van der Waals surface area (Å²) in [6.07, 6.45) is 0. The second kappa shape index (κ2) is 20.8. The molecule has 0 heterocycles. The summed E-state index contributed by atoms with van der Waals surface area (Å²) in [5.74, 6) is 0. The topological polar surface area (TPSA) is 6.48 Å². The van der Waals surface area contributed by atoms with Crippen molar-refractivity contribution >= 4 is 34.1 Å². The predicted molar refractivity (Wildman–Crippen MR) is 352 cm³/mol. The van der Waals surface area contributed by atoms with Crippen LogP contribution in [0.15, 0.2) is 328 Å². The minimum Gasteiger partial charge on any atom is -0.310 e. The highest BCUT2D eigenvalue weighted by Crippen LogP contribution is 2.60. The van der Waals surface area contributed by atoms with E-state index in [1.807, 2.05) is 0 Å². The summed E-state index contributed by atoms with van der Waals surface area (Å²) in [5, 5.41) is 0. The first-order chi connectivity index (χ1) is 41.4. The number of benzene rings is 13. The molecule has 2 heteroatoms. The molecule has 0 unspecified atom stereocenters. The molecule has 15 rings (SSSR count). The number of hydrogen-bond acceptors (Lipinski definition) is 2. The van der Waals surface area contributed by atoms with Crippen molar-refractivity contribution in [2.24, 2.45) is 0 Å². The maximum atomic E-state index is 2.49. The second-order valence-electron chi connectivity index (χ2n) is 22.8. The average Bonchev–Trinajstić information content (AvgIpc) is 1.68. The van der Waals surface area contributed by atoms with E-state index in [1.54, 1.807) is 0 Å². The van der Waals surface area contributed by atoms with Crippen LogP contribution in [0.5, 0.6) is 0 Å². The Morgan fingerprint density at radius 2 is 0.595 bits per heavy atom. The zero-order chi connectivity index (χ0) is 56.2. The highest BCUT2D eigenvalue weighted by molar-refractivity contribution is 5.98. The molecule has 84 heavy (non-hydrogen) atoms. The van der Waals surface area contributed by atoms with E-state index in [0.29, 0.717) is 0 Å². The van der Waals surface area contributed by atoms with Crippen molar-refractivity contribution in [1.82, 2.24) is 0 Å². The molecule has 0 spiro atoms. The summed E-state index contributed by atoms with van der Waals surface area (Å²) in [6.45, 7) is 4.73. The van der Waals surface area contributed by atoms with Crippen LogP contribution >= 0.6 is 0 Å². The van der Waals surface area contributed by atoms with Crippen LogP contribution in [0.1, 0.15) is 47.2 Å². The molecule has 0 aliphatic heterocycles. The summed E-state index contributed by atoms with van der Waals surface area (Å²) in [7, 11) is 0. The molecule has 0 fully saturated rings. The molecule has 0 aromatic heterocycles. The van der Waals surface area contributed by atoms with Crippen LogP contribution in [0.4, 0.5) is 34.1 Å². The largest absolute Gasteiger partial charge is 0.310 e. The second-order valence-corrected chi connectivity index (χ2v) is 22.8. The van der Waals surface area contributed by atoms with E-state index in [9.17, 15) is 0 Å². The molecule has 398 valence electrons. The minimum atomic E-state index is -0.662. The van der Waals surface area contributed by atoms with Gasteiger partial charge in [-0.3, -0.25) is 0 Å². The third-order valence-electron chi connectivity index (χ3n) is 17.8. The molecule has 13 aromatic carbocycles. The van der Waals surface area contributed by atoms with Crippen molar-refractivity contribution in [2.75, 3.05) is 9.80 Å². The highest BCUT2D eigenvalue weighted by atomic mass is 15.1. The number of para-hydroxylation sites is 1. The van der Waals surface area contributed by atoms with Gasteiger partial charge in [-0.25, -0.2) is 0 Å². The van der Waals surface area contributed by atoms with E-state index in [2.05, 4.69) is 351 Å². The van der Waals surface area contributed by atoms with Gasteiger partial charge in [0.25, 0.3) is 0 Å². The van der Waals surface area contributed by atoms with Gasteiger partial charge in [-0.15, -0.1) is 0 Å². The summed E-state index contributed by atoms with van der Waals surface area (Å²) in [4.78, 5) is 4.89. The molecule has 2 nitrogen and oxygen atoms in total. The van der Waals surface area contributed by atoms with Crippen LogP contribution in [-0.2, 0) is 10.8 Å². The summed E-state index contributed by atoms with van der Waals surface area (Å²) < 4.78 is 0. The lowest BCUT2D eigenvalue weighted by molar-refractivity contribution is 0.660. The molecule has 0 N–H and O–H groups in total. The molecule has 2 aliphatic carbocycles. The van der Waals surface area contributed by atoms with Crippen molar-refractivity contribution in [2.45, 2.75) is 24.7 Å². The van der Waals surface area contributed by atoms with E-state index in [1.165, 1.54) is 83.5 Å². The Hall–Kier alpha value is -10.5. The van der Waals surface area contributed by atoms with E-state index < -0.39 is 5.41 Å². The standard InChI is InChI=1S/C82H60N2/c1-81(2)75-36-20-18-34-72(75)73-53-51-68(55-77(73)81)83(65-45-39-59(40-46-65)57-23-8-3-9-24-57)66-49-43-62(44-50-66)71-35-22-37-76-80(71)74-54-52-69(56-78(74)82(76,63-29-14-6-15-30-63)64-31-16-7-17-32-64)84(67-47-41-60(42-48-67)58-25-10-4-11-26-58)79-38-21-19-33-70(79)61-27-12-5-13-28-61/h3-56H,1-2H3. The molecular formula is C82H60N2. The van der Waals surface area contributed by atoms with E-state index in [-0.39, 0.29) is 5.41 Å². The molecule has 0 atom stereocenters. The van der Waals surface area contributed by atoms with Crippen LogP contribution in [-0.4, -0.2) is 0 Å². The summed E-state index contributed by atoms with van der Waals surface area (Å²) >= 11 is 0. The van der Waals surface area contributed by atoms with Gasteiger partial charge < -0.3 is 9.80 Å². The first-order valence-corrected chi connectivity index (χ1v) is 29.2. The van der Waals surface area contributed by atoms with Crippen molar-refractivity contribution in [1.29, 1.82) is 0 Å². The van der Waals surface area contributed by atoms with Crippen LogP contribution in [0.2, 0.25) is 0 Å². The Bertz CT molecular complexity index is 4470. The SMILES string of the molecule is CC1(C)c2ccccc2-c2ccc(N(c3ccc(-c4ccccc4)cc3)c3ccc(-c4cccc5c4-c4ccc(N(c6ccc(-c7ccccc7)cc6)c6ccccc6-c6ccccc6)cc4C5(c4ccccc4)c4ccccc4)cc3)cc21. The fourth-order valence-corrected chi connectivity index (χ4v) is 13.8. The zero-order valence-electron chi connectivity index (χ0n) is 47.1. The molecular weight excluding hydrogens is 1010 g/mol. The van der Waals surface area contributed by atoms with Gasteiger partial charge in [0, 0.05) is 39.4 Å².